The third-order valence-corrected chi connectivity index (χ3v) is 10.8. The molecule has 3 aliphatic heterocycles. The summed E-state index contributed by atoms with van der Waals surface area (Å²) in [5, 5.41) is 14.7. The summed E-state index contributed by atoms with van der Waals surface area (Å²) in [6.07, 6.45) is 2.06. The molecular weight excluding hydrogens is 691 g/mol. The van der Waals surface area contributed by atoms with Gasteiger partial charge in [-0.25, -0.2) is 4.68 Å². The molecule has 1 aliphatic carbocycles. The molecule has 1 aromatic carbocycles. The largest absolute Gasteiger partial charge is 0.416 e. The molecule has 2 amide bonds. The van der Waals surface area contributed by atoms with E-state index in [2.05, 4.69) is 20.8 Å². The first-order valence-corrected chi connectivity index (χ1v) is 17.4. The van der Waals surface area contributed by atoms with Crippen LogP contribution in [0.2, 0.25) is 5.02 Å². The van der Waals surface area contributed by atoms with E-state index in [1.807, 2.05) is 22.6 Å². The zero-order valence-electron chi connectivity index (χ0n) is 27.7. The van der Waals surface area contributed by atoms with Gasteiger partial charge in [0.25, 0.3) is 11.5 Å². The number of piperidine rings is 1. The summed E-state index contributed by atoms with van der Waals surface area (Å²) >= 11 is 6.16. The minimum absolute atomic E-state index is 0.0225. The Hall–Kier alpha value is -4.70. The number of aryl methyl sites for hydroxylation is 1. The molecule has 2 N–H and O–H groups in total. The number of nitrogens with one attached hydrogen (secondary N) is 2. The normalized spacial score (nSPS) is 19.8. The highest BCUT2D eigenvalue weighted by atomic mass is 35.5. The Labute approximate surface area is 294 Å². The number of amides is 2. The Morgan fingerprint density at radius 2 is 2.00 bits per heavy atom. The molecule has 1 spiro atoms. The lowest BCUT2D eigenvalue weighted by atomic mass is 9.73. The molecule has 1 unspecified atom stereocenters. The maximum atomic E-state index is 14.5. The molecule has 1 atom stereocenters. The summed E-state index contributed by atoms with van der Waals surface area (Å²) in [5.74, 6) is 0.449. The molecule has 1 fully saturated rings. The quantitative estimate of drug-likeness (QED) is 0.302. The van der Waals surface area contributed by atoms with Gasteiger partial charge in [0.2, 0.25) is 11.7 Å². The summed E-state index contributed by atoms with van der Waals surface area (Å²) in [5.41, 5.74) is 0.772. The number of hydrogen-bond acceptors (Lipinski definition) is 8. The van der Waals surface area contributed by atoms with Crippen molar-refractivity contribution in [2.45, 2.75) is 69.6 Å². The maximum absolute atomic E-state index is 14.5. The van der Waals surface area contributed by atoms with Crippen LogP contribution in [0.15, 0.2) is 35.3 Å². The van der Waals surface area contributed by atoms with Gasteiger partial charge < -0.3 is 24.8 Å². The Kier molecular flexibility index (Phi) is 8.20. The number of rotatable bonds is 5. The number of fused-ring (bicyclic) bond motifs is 4. The second-order valence-electron chi connectivity index (χ2n) is 13.7. The van der Waals surface area contributed by atoms with Gasteiger partial charge in [-0.1, -0.05) is 24.6 Å². The third-order valence-electron chi connectivity index (χ3n) is 10.5. The number of nitrogens with zero attached hydrogens (tertiary/aromatic N) is 7. The molecule has 8 rings (SSSR count). The van der Waals surface area contributed by atoms with Crippen LogP contribution >= 0.6 is 11.6 Å². The highest BCUT2D eigenvalue weighted by Crippen LogP contribution is 2.50. The summed E-state index contributed by atoms with van der Waals surface area (Å²) < 4.78 is 49.9. The summed E-state index contributed by atoms with van der Waals surface area (Å²) in [7, 11) is 0. The molecule has 0 bridgehead atoms. The first-order chi connectivity index (χ1) is 24.4. The number of ether oxygens (including phenoxy) is 1. The van der Waals surface area contributed by atoms with Crippen molar-refractivity contribution < 1.29 is 27.5 Å². The summed E-state index contributed by atoms with van der Waals surface area (Å²) in [4.78, 5) is 48.3. The number of hydrogen-bond donors (Lipinski definition) is 2. The molecule has 17 heteroatoms. The Morgan fingerprint density at radius 1 is 1.20 bits per heavy atom. The van der Waals surface area contributed by atoms with Gasteiger partial charge in [0.1, 0.15) is 17.9 Å². The topological polar surface area (TPSA) is 141 Å². The zero-order chi connectivity index (χ0) is 35.7. The monoisotopic (exact) mass is 725 g/mol. The highest BCUT2D eigenvalue weighted by molar-refractivity contribution is 6.33. The molecule has 268 valence electrons. The lowest BCUT2D eigenvalue weighted by molar-refractivity contribution is -0.137. The average Bonchev–Trinajstić information content (AvgIpc) is 3.82. The zero-order valence-corrected chi connectivity index (χ0v) is 28.5. The molecule has 51 heavy (non-hydrogen) atoms. The minimum Gasteiger partial charge on any atom is -0.377 e. The van der Waals surface area contributed by atoms with Crippen molar-refractivity contribution in [3.8, 4) is 0 Å². The van der Waals surface area contributed by atoms with E-state index in [4.69, 9.17) is 21.3 Å². The van der Waals surface area contributed by atoms with Crippen LogP contribution in [0.4, 0.5) is 24.7 Å². The Balaban J connectivity index is 1.14. The van der Waals surface area contributed by atoms with E-state index in [1.165, 1.54) is 4.52 Å². The predicted octanol–water partition coefficient (Wildman–Crippen LogP) is 4.70. The number of alkyl halides is 3. The van der Waals surface area contributed by atoms with E-state index in [0.29, 0.717) is 74.6 Å². The highest BCUT2D eigenvalue weighted by Gasteiger charge is 2.49. The van der Waals surface area contributed by atoms with Gasteiger partial charge in [0.05, 0.1) is 35.7 Å². The van der Waals surface area contributed by atoms with E-state index < -0.39 is 23.1 Å². The van der Waals surface area contributed by atoms with Gasteiger partial charge >= 0.3 is 6.18 Å². The molecule has 1 saturated heterocycles. The summed E-state index contributed by atoms with van der Waals surface area (Å²) in [6.45, 7) is 4.94. The van der Waals surface area contributed by atoms with Crippen molar-refractivity contribution in [3.63, 3.8) is 0 Å². The summed E-state index contributed by atoms with van der Waals surface area (Å²) in [6, 6.07) is 2.73. The predicted molar refractivity (Wildman–Crippen MR) is 181 cm³/mol. The van der Waals surface area contributed by atoms with Crippen LogP contribution in [0.5, 0.6) is 0 Å². The van der Waals surface area contributed by atoms with Crippen LogP contribution in [-0.4, -0.2) is 78.5 Å². The standard InChI is InChI=1S/C34H35ClF3N9O4/c1-19-16-33(7-11-44(12-8-33)30(49)22-17-40-46-10-2-9-39-29(22)46)26-27(19)45(18-25(48)41-24-4-3-21(15-23(24)35)34(36,37)38)32-42-28(43-47(32)31(26)50)20-5-13-51-14-6-20/h3-5,15,17,19,39H,2,6-14,16,18H2,1H3,(H,41,48). The van der Waals surface area contributed by atoms with Crippen molar-refractivity contribution in [2.75, 3.05) is 43.5 Å². The SMILES string of the molecule is CC1CC2(CCN(C(=O)c3cnn4c3NCCC4)CC2)c2c1n(CC(=O)Nc1ccc(C(F)(F)F)cc1Cl)c1nc(C3=CCOCC3)nn1c2=O. The fraction of sp³-hybridized carbons (Fsp3) is 0.471. The van der Waals surface area contributed by atoms with Crippen molar-refractivity contribution in [1.29, 1.82) is 0 Å². The number of benzene rings is 1. The van der Waals surface area contributed by atoms with Crippen molar-refractivity contribution in [2.24, 2.45) is 0 Å². The minimum atomic E-state index is -4.59. The van der Waals surface area contributed by atoms with Crippen LogP contribution < -0.4 is 16.2 Å². The van der Waals surface area contributed by atoms with Gasteiger partial charge in [-0.05, 0) is 61.8 Å². The fourth-order valence-electron chi connectivity index (χ4n) is 8.11. The molecule has 4 aromatic rings. The van der Waals surface area contributed by atoms with E-state index >= 15 is 0 Å². The van der Waals surface area contributed by atoms with Crippen LogP contribution in [0.25, 0.3) is 11.4 Å². The van der Waals surface area contributed by atoms with E-state index in [9.17, 15) is 27.6 Å². The lowest BCUT2D eigenvalue weighted by Gasteiger charge is -2.39. The number of halogens is 4. The molecule has 0 saturated carbocycles. The van der Waals surface area contributed by atoms with Crippen LogP contribution in [0, 0.1) is 0 Å². The van der Waals surface area contributed by atoms with Crippen molar-refractivity contribution >= 4 is 46.3 Å². The van der Waals surface area contributed by atoms with Gasteiger partial charge in [-0.3, -0.25) is 14.4 Å². The second kappa shape index (κ2) is 12.5. The van der Waals surface area contributed by atoms with Gasteiger partial charge in [0, 0.05) is 42.9 Å². The van der Waals surface area contributed by atoms with Crippen LogP contribution in [0.1, 0.15) is 77.9 Å². The number of aromatic nitrogens is 6. The maximum Gasteiger partial charge on any atom is 0.416 e. The molecule has 6 heterocycles. The average molecular weight is 726 g/mol. The number of carbonyl (C=O) groups is 2. The van der Waals surface area contributed by atoms with Crippen LogP contribution in [0.3, 0.4) is 0 Å². The van der Waals surface area contributed by atoms with E-state index in [0.717, 1.165) is 49.1 Å². The smallest absolute Gasteiger partial charge is 0.377 e. The number of anilines is 2. The fourth-order valence-corrected chi connectivity index (χ4v) is 8.34. The molecule has 3 aromatic heterocycles. The number of likely N-dealkylation sites (tertiary alicyclic amines) is 1. The van der Waals surface area contributed by atoms with Gasteiger partial charge in [0.15, 0.2) is 5.82 Å². The molecule has 4 aliphatic rings. The third kappa shape index (κ3) is 5.77. The van der Waals surface area contributed by atoms with E-state index in [1.54, 1.807) is 10.8 Å². The molecular formula is C34H35ClF3N9O4. The van der Waals surface area contributed by atoms with Gasteiger partial charge in [-0.15, -0.1) is 5.10 Å². The van der Waals surface area contributed by atoms with Crippen molar-refractivity contribution in [1.82, 2.24) is 33.8 Å². The van der Waals surface area contributed by atoms with Crippen LogP contribution in [-0.2, 0) is 34.2 Å². The number of carbonyl (C=O) groups excluding carboxylic acids is 2. The molecule has 0 radical (unpaired) electrons. The molecule has 13 nitrogen and oxygen atoms in total. The van der Waals surface area contributed by atoms with Gasteiger partial charge in [-0.2, -0.15) is 27.8 Å². The second-order valence-corrected chi connectivity index (χ2v) is 14.1. The Bertz CT molecular complexity index is 2160. The first-order valence-electron chi connectivity index (χ1n) is 17.0. The Morgan fingerprint density at radius 3 is 2.73 bits per heavy atom. The van der Waals surface area contributed by atoms with E-state index in [-0.39, 0.29) is 40.4 Å². The van der Waals surface area contributed by atoms with Crippen molar-refractivity contribution in [3.05, 3.63) is 74.1 Å². The lowest BCUT2D eigenvalue weighted by Crippen LogP contribution is -2.46. The first kappa shape index (κ1) is 33.4.